The van der Waals surface area contributed by atoms with Crippen LogP contribution in [-0.4, -0.2) is 28.3 Å². The van der Waals surface area contributed by atoms with Gasteiger partial charge in [0.1, 0.15) is 9.71 Å². The number of rotatable bonds is 7. The van der Waals surface area contributed by atoms with Gasteiger partial charge >= 0.3 is 0 Å². The van der Waals surface area contributed by atoms with E-state index in [0.29, 0.717) is 34.8 Å². The molecule has 7 nitrogen and oxygen atoms in total. The van der Waals surface area contributed by atoms with Crippen LogP contribution in [0.4, 0.5) is 5.69 Å². The van der Waals surface area contributed by atoms with Crippen molar-refractivity contribution in [1.82, 2.24) is 15.3 Å². The number of thiophene rings is 2. The highest BCUT2D eigenvalue weighted by molar-refractivity contribution is 7.21. The summed E-state index contributed by atoms with van der Waals surface area (Å²) in [4.78, 5) is 35.9. The molecule has 4 aromatic rings. The Labute approximate surface area is 198 Å². The second-order valence-corrected chi connectivity index (χ2v) is 10.0. The quantitative estimate of drug-likeness (QED) is 0.373. The van der Waals surface area contributed by atoms with Crippen molar-refractivity contribution in [1.29, 1.82) is 0 Å². The van der Waals surface area contributed by atoms with Gasteiger partial charge in [-0.05, 0) is 42.0 Å². The van der Waals surface area contributed by atoms with Crippen molar-refractivity contribution in [2.45, 2.75) is 31.6 Å². The van der Waals surface area contributed by atoms with Gasteiger partial charge in [0, 0.05) is 58.7 Å². The molecule has 0 fully saturated rings. The van der Waals surface area contributed by atoms with E-state index in [9.17, 15) is 9.59 Å². The summed E-state index contributed by atoms with van der Waals surface area (Å²) in [6, 6.07) is 9.82. The van der Waals surface area contributed by atoms with Crippen LogP contribution >= 0.6 is 22.7 Å². The number of hydrogen-bond acceptors (Lipinski definition) is 7. The van der Waals surface area contributed by atoms with E-state index in [-0.39, 0.29) is 11.8 Å². The van der Waals surface area contributed by atoms with Gasteiger partial charge in [0.15, 0.2) is 0 Å². The van der Waals surface area contributed by atoms with Gasteiger partial charge in [-0.15, -0.1) is 22.7 Å². The fourth-order valence-electron chi connectivity index (χ4n) is 4.50. The third-order valence-corrected chi connectivity index (χ3v) is 7.99. The molecule has 33 heavy (non-hydrogen) atoms. The van der Waals surface area contributed by atoms with E-state index in [1.807, 2.05) is 29.6 Å². The van der Waals surface area contributed by atoms with Crippen molar-refractivity contribution in [2.24, 2.45) is 5.73 Å². The number of hydrogen-bond donors (Lipinski definition) is 3. The SMILES string of the molecule is NC(=O)c1sc2nc3c(c(-c4cccs4)c2c1N)CCC3CC(=O)NCCc1ccccn1. The fraction of sp³-hybridized carbons (Fsp3) is 0.250. The first-order chi connectivity index (χ1) is 16.0. The number of amides is 2. The van der Waals surface area contributed by atoms with Crippen LogP contribution in [0.3, 0.4) is 0 Å². The molecule has 1 atom stereocenters. The van der Waals surface area contributed by atoms with Crippen molar-refractivity contribution >= 4 is 50.4 Å². The first-order valence-electron chi connectivity index (χ1n) is 10.8. The van der Waals surface area contributed by atoms with E-state index < -0.39 is 5.91 Å². The molecule has 0 radical (unpaired) electrons. The van der Waals surface area contributed by atoms with E-state index in [1.165, 1.54) is 11.3 Å². The van der Waals surface area contributed by atoms with Crippen LogP contribution in [0.1, 0.15) is 45.4 Å². The highest BCUT2D eigenvalue weighted by Crippen LogP contribution is 2.48. The molecule has 0 aliphatic heterocycles. The molecule has 168 valence electrons. The zero-order valence-electron chi connectivity index (χ0n) is 17.8. The summed E-state index contributed by atoms with van der Waals surface area (Å²) in [5.74, 6) is -0.512. The molecule has 1 unspecified atom stereocenters. The number of nitrogens with zero attached hydrogens (tertiary/aromatic N) is 2. The lowest BCUT2D eigenvalue weighted by molar-refractivity contribution is -0.121. The van der Waals surface area contributed by atoms with Crippen LogP contribution in [0.15, 0.2) is 41.9 Å². The van der Waals surface area contributed by atoms with Crippen molar-refractivity contribution in [3.63, 3.8) is 0 Å². The maximum Gasteiger partial charge on any atom is 0.260 e. The summed E-state index contributed by atoms with van der Waals surface area (Å²) < 4.78 is 0. The third-order valence-electron chi connectivity index (χ3n) is 5.99. The summed E-state index contributed by atoms with van der Waals surface area (Å²) in [5, 5.41) is 5.84. The largest absolute Gasteiger partial charge is 0.397 e. The van der Waals surface area contributed by atoms with Crippen LogP contribution < -0.4 is 16.8 Å². The van der Waals surface area contributed by atoms with Crippen LogP contribution in [0.25, 0.3) is 20.7 Å². The van der Waals surface area contributed by atoms with Gasteiger partial charge in [-0.1, -0.05) is 12.1 Å². The van der Waals surface area contributed by atoms with E-state index in [4.69, 9.17) is 16.5 Å². The number of nitrogens with one attached hydrogen (secondary N) is 1. The number of anilines is 1. The lowest BCUT2D eigenvalue weighted by Crippen LogP contribution is -2.27. The zero-order valence-corrected chi connectivity index (χ0v) is 19.5. The van der Waals surface area contributed by atoms with Crippen LogP contribution in [-0.2, 0) is 17.6 Å². The lowest BCUT2D eigenvalue weighted by atomic mass is 9.98. The lowest BCUT2D eigenvalue weighted by Gasteiger charge is -2.13. The summed E-state index contributed by atoms with van der Waals surface area (Å²) in [6.07, 6.45) is 4.50. The molecule has 5 N–H and O–H groups in total. The highest BCUT2D eigenvalue weighted by atomic mass is 32.1. The van der Waals surface area contributed by atoms with Crippen LogP contribution in [0.2, 0.25) is 0 Å². The molecule has 4 aromatic heterocycles. The number of nitrogen functional groups attached to an aromatic ring is 1. The third kappa shape index (κ3) is 4.09. The predicted molar refractivity (Wildman–Crippen MR) is 132 cm³/mol. The molecule has 0 saturated heterocycles. The van der Waals surface area contributed by atoms with E-state index in [0.717, 1.165) is 45.6 Å². The average Bonchev–Trinajstić information content (AvgIpc) is 3.54. The van der Waals surface area contributed by atoms with E-state index in [2.05, 4.69) is 16.4 Å². The van der Waals surface area contributed by atoms with Gasteiger partial charge in [0.05, 0.1) is 5.69 Å². The van der Waals surface area contributed by atoms with Crippen LogP contribution in [0.5, 0.6) is 0 Å². The summed E-state index contributed by atoms with van der Waals surface area (Å²) >= 11 is 2.86. The second-order valence-electron chi connectivity index (χ2n) is 8.08. The number of carbonyl (C=O) groups is 2. The molecule has 1 aliphatic rings. The molecule has 0 saturated carbocycles. The normalized spacial score (nSPS) is 15.0. The van der Waals surface area contributed by atoms with Crippen molar-refractivity contribution in [3.05, 3.63) is 63.7 Å². The maximum absolute atomic E-state index is 12.7. The highest BCUT2D eigenvalue weighted by Gasteiger charge is 2.32. The molecule has 4 heterocycles. The number of pyridine rings is 2. The Bertz CT molecular complexity index is 1330. The van der Waals surface area contributed by atoms with Gasteiger partial charge < -0.3 is 16.8 Å². The Morgan fingerprint density at radius 3 is 2.82 bits per heavy atom. The molecule has 2 amide bonds. The number of nitrogens with two attached hydrogens (primary N) is 2. The zero-order chi connectivity index (χ0) is 22.9. The minimum atomic E-state index is -0.545. The number of carbonyl (C=O) groups excluding carboxylic acids is 2. The maximum atomic E-state index is 12.7. The van der Waals surface area contributed by atoms with Gasteiger partial charge in [0.25, 0.3) is 5.91 Å². The first-order valence-corrected chi connectivity index (χ1v) is 12.5. The smallest absolute Gasteiger partial charge is 0.260 e. The molecular formula is C24H23N5O2S2. The molecule has 0 spiro atoms. The molecule has 0 aromatic carbocycles. The van der Waals surface area contributed by atoms with Gasteiger partial charge in [0.2, 0.25) is 5.91 Å². The minimum Gasteiger partial charge on any atom is -0.397 e. The van der Waals surface area contributed by atoms with Crippen molar-refractivity contribution in [3.8, 4) is 10.4 Å². The number of primary amides is 1. The van der Waals surface area contributed by atoms with Crippen molar-refractivity contribution < 1.29 is 9.59 Å². The Hall–Kier alpha value is -3.30. The number of fused-ring (bicyclic) bond motifs is 2. The van der Waals surface area contributed by atoms with Crippen LogP contribution in [0, 0.1) is 0 Å². The Kier molecular flexibility index (Phi) is 5.82. The first kappa shape index (κ1) is 21.5. The fourth-order valence-corrected chi connectivity index (χ4v) is 6.27. The topological polar surface area (TPSA) is 124 Å². The van der Waals surface area contributed by atoms with E-state index in [1.54, 1.807) is 17.5 Å². The predicted octanol–water partition coefficient (Wildman–Crippen LogP) is 3.88. The summed E-state index contributed by atoms with van der Waals surface area (Å²) in [6.45, 7) is 0.547. The summed E-state index contributed by atoms with van der Waals surface area (Å²) in [7, 11) is 0. The summed E-state index contributed by atoms with van der Waals surface area (Å²) in [5.41, 5.74) is 16.4. The Morgan fingerprint density at radius 2 is 2.09 bits per heavy atom. The molecule has 0 bridgehead atoms. The Morgan fingerprint density at radius 1 is 1.21 bits per heavy atom. The van der Waals surface area contributed by atoms with Crippen molar-refractivity contribution in [2.75, 3.05) is 12.3 Å². The standard InChI is InChI=1S/C24H23N5O2S2/c25-20-19-18(16-5-3-11-32-16)15-7-6-13(21(15)29-24(19)33-22(20)23(26)31)12-17(30)28-10-8-14-4-1-2-9-27-14/h1-5,9,11,13H,6-8,10,12,25H2,(H2,26,31)(H,28,30). The van der Waals surface area contributed by atoms with Gasteiger partial charge in [-0.3, -0.25) is 14.6 Å². The minimum absolute atomic E-state index is 0.00636. The number of aromatic nitrogens is 2. The Balaban J connectivity index is 1.43. The molecule has 9 heteroatoms. The van der Waals surface area contributed by atoms with Gasteiger partial charge in [-0.2, -0.15) is 0 Å². The molecule has 1 aliphatic carbocycles. The van der Waals surface area contributed by atoms with E-state index >= 15 is 0 Å². The average molecular weight is 478 g/mol. The molecule has 5 rings (SSSR count). The monoisotopic (exact) mass is 477 g/mol. The second kappa shape index (κ2) is 8.92. The van der Waals surface area contributed by atoms with Gasteiger partial charge in [-0.25, -0.2) is 4.98 Å². The molecular weight excluding hydrogens is 454 g/mol.